The van der Waals surface area contributed by atoms with E-state index in [-0.39, 0.29) is 28.5 Å². The number of hydrogen-bond acceptors (Lipinski definition) is 0. The molecule has 0 amide bonds. The summed E-state index contributed by atoms with van der Waals surface area (Å²) in [7, 11) is 0. The Morgan fingerprint density at radius 1 is 1.00 bits per heavy atom. The van der Waals surface area contributed by atoms with Crippen LogP contribution in [0.25, 0.3) is 0 Å². The molecule has 1 heteroatoms. The van der Waals surface area contributed by atoms with Crippen LogP contribution in [0.2, 0.25) is 0 Å². The third-order valence-corrected chi connectivity index (χ3v) is 0.607. The zero-order chi connectivity index (χ0) is 8.74. The minimum Gasteiger partial charge on any atom is -0.338 e. The van der Waals surface area contributed by atoms with Gasteiger partial charge in [0.15, 0.2) is 0 Å². The van der Waals surface area contributed by atoms with Gasteiger partial charge in [-0.05, 0) is 0 Å². The Morgan fingerprint density at radius 2 is 1.33 bits per heavy atom. The van der Waals surface area contributed by atoms with Crippen LogP contribution < -0.4 is 0 Å². The van der Waals surface area contributed by atoms with Gasteiger partial charge in [-0.3, -0.25) is 0 Å². The number of hydrogen-bond donors (Lipinski definition) is 0. The van der Waals surface area contributed by atoms with Gasteiger partial charge >= 0.3 is 23.1 Å². The van der Waals surface area contributed by atoms with E-state index in [2.05, 4.69) is 33.8 Å². The molecule has 0 N–H and O–H groups in total. The molecule has 0 atom stereocenters. The summed E-state index contributed by atoms with van der Waals surface area (Å²) in [5, 5.41) is 0. The largest absolute Gasteiger partial charge is 2.00 e. The second kappa shape index (κ2) is 7.63. The smallest absolute Gasteiger partial charge is 0.338 e. The van der Waals surface area contributed by atoms with Crippen molar-refractivity contribution in [1.82, 2.24) is 0 Å². The van der Waals surface area contributed by atoms with E-state index in [9.17, 15) is 0 Å². The Bertz CT molecular complexity index is 129. The van der Waals surface area contributed by atoms with Crippen molar-refractivity contribution in [3.05, 3.63) is 43.3 Å². The van der Waals surface area contributed by atoms with E-state index in [1.807, 2.05) is 30.3 Å². The van der Waals surface area contributed by atoms with Gasteiger partial charge in [0.25, 0.3) is 0 Å². The second-order valence-corrected chi connectivity index (χ2v) is 3.64. The molecule has 0 saturated heterocycles. The molecule has 0 radical (unpaired) electrons. The number of rotatable bonds is 0. The van der Waals surface area contributed by atoms with Crippen LogP contribution in [0.1, 0.15) is 20.8 Å². The van der Waals surface area contributed by atoms with E-state index in [0.29, 0.717) is 0 Å². The summed E-state index contributed by atoms with van der Waals surface area (Å²) >= 11 is 0. The standard InChI is InChI=1S/C6H5.C5H11.Mg/c1-2-4-6-5-3-1;1-5(2,3)4;/h1-5H;1H2,2-4H3;/q2*-1;+2. The summed E-state index contributed by atoms with van der Waals surface area (Å²) in [5.41, 5.74) is 0.250. The third-order valence-electron chi connectivity index (χ3n) is 0.607. The van der Waals surface area contributed by atoms with Gasteiger partial charge in [-0.25, -0.2) is 0 Å². The molecular weight excluding hydrogens is 156 g/mol. The van der Waals surface area contributed by atoms with Crippen LogP contribution in [0.15, 0.2) is 30.3 Å². The van der Waals surface area contributed by atoms with Crippen molar-refractivity contribution in [2.24, 2.45) is 5.41 Å². The summed E-state index contributed by atoms with van der Waals surface area (Å²) in [6.45, 7) is 10.0. The first-order valence-electron chi connectivity index (χ1n) is 3.76. The van der Waals surface area contributed by atoms with Gasteiger partial charge < -0.3 is 6.92 Å². The summed E-state index contributed by atoms with van der Waals surface area (Å²) in [5.74, 6) is 0. The third kappa shape index (κ3) is 22.5. The maximum Gasteiger partial charge on any atom is 2.00 e. The Kier molecular flexibility index (Phi) is 9.22. The molecule has 0 aliphatic heterocycles. The first kappa shape index (κ1) is 14.5. The summed E-state index contributed by atoms with van der Waals surface area (Å²) < 4.78 is 0. The van der Waals surface area contributed by atoms with Crippen LogP contribution in [0, 0.1) is 18.4 Å². The van der Waals surface area contributed by atoms with Crippen molar-refractivity contribution in [3.8, 4) is 0 Å². The molecule has 1 aromatic rings. The first-order chi connectivity index (χ1) is 5.00. The van der Waals surface area contributed by atoms with Gasteiger partial charge in [0, 0.05) is 0 Å². The monoisotopic (exact) mass is 172 g/mol. The van der Waals surface area contributed by atoms with Crippen molar-refractivity contribution < 1.29 is 0 Å². The van der Waals surface area contributed by atoms with Crippen LogP contribution in [0.4, 0.5) is 0 Å². The van der Waals surface area contributed by atoms with Crippen LogP contribution in [0.3, 0.4) is 0 Å². The Morgan fingerprint density at radius 3 is 1.42 bits per heavy atom. The maximum absolute atomic E-state index is 3.77. The molecule has 0 nitrogen and oxygen atoms in total. The molecule has 0 fully saturated rings. The van der Waals surface area contributed by atoms with E-state index in [4.69, 9.17) is 0 Å². The molecule has 0 aliphatic rings. The van der Waals surface area contributed by atoms with Crippen molar-refractivity contribution >= 4 is 23.1 Å². The molecule has 1 rings (SSSR count). The van der Waals surface area contributed by atoms with E-state index in [0.717, 1.165) is 0 Å². The van der Waals surface area contributed by atoms with Gasteiger partial charge in [0.05, 0.1) is 0 Å². The summed E-state index contributed by atoms with van der Waals surface area (Å²) in [6.07, 6.45) is 0. The molecule has 0 aromatic heterocycles. The zero-order valence-electron chi connectivity index (χ0n) is 8.30. The Balaban J connectivity index is 0. The predicted molar refractivity (Wildman–Crippen MR) is 55.8 cm³/mol. The van der Waals surface area contributed by atoms with E-state index in [1.54, 1.807) is 0 Å². The van der Waals surface area contributed by atoms with Gasteiger partial charge in [-0.1, -0.05) is 20.8 Å². The van der Waals surface area contributed by atoms with Crippen molar-refractivity contribution in [1.29, 1.82) is 0 Å². The van der Waals surface area contributed by atoms with Crippen molar-refractivity contribution in [3.63, 3.8) is 0 Å². The van der Waals surface area contributed by atoms with Gasteiger partial charge in [-0.15, -0.1) is 0 Å². The van der Waals surface area contributed by atoms with E-state index < -0.39 is 0 Å². The Hall–Kier alpha value is -0.0138. The topological polar surface area (TPSA) is 0 Å². The van der Waals surface area contributed by atoms with Crippen LogP contribution in [0.5, 0.6) is 0 Å². The summed E-state index contributed by atoms with van der Waals surface area (Å²) in [6, 6.07) is 12.5. The average Bonchev–Trinajstić information content (AvgIpc) is 1.88. The molecule has 0 unspecified atom stereocenters. The zero-order valence-corrected chi connectivity index (χ0v) is 9.72. The van der Waals surface area contributed by atoms with Crippen LogP contribution >= 0.6 is 0 Å². The van der Waals surface area contributed by atoms with Gasteiger partial charge in [0.1, 0.15) is 0 Å². The van der Waals surface area contributed by atoms with Gasteiger partial charge in [0.2, 0.25) is 0 Å². The quantitative estimate of drug-likeness (QED) is 0.417. The molecular formula is C11H16Mg. The van der Waals surface area contributed by atoms with Crippen LogP contribution in [-0.4, -0.2) is 23.1 Å². The Labute approximate surface area is 92.5 Å². The predicted octanol–water partition coefficient (Wildman–Crippen LogP) is 2.97. The minimum absolute atomic E-state index is 0. The van der Waals surface area contributed by atoms with Gasteiger partial charge in [-0.2, -0.15) is 41.8 Å². The molecule has 0 heterocycles. The second-order valence-electron chi connectivity index (χ2n) is 3.64. The fourth-order valence-electron chi connectivity index (χ4n) is 0.342. The molecule has 0 bridgehead atoms. The number of benzene rings is 1. The van der Waals surface area contributed by atoms with Crippen LogP contribution in [-0.2, 0) is 0 Å². The maximum atomic E-state index is 3.77. The molecule has 12 heavy (non-hydrogen) atoms. The molecule has 0 saturated carbocycles. The van der Waals surface area contributed by atoms with E-state index in [1.165, 1.54) is 0 Å². The molecule has 1 aromatic carbocycles. The first-order valence-corrected chi connectivity index (χ1v) is 3.76. The van der Waals surface area contributed by atoms with E-state index >= 15 is 0 Å². The van der Waals surface area contributed by atoms with Crippen molar-refractivity contribution in [2.45, 2.75) is 20.8 Å². The van der Waals surface area contributed by atoms with Crippen molar-refractivity contribution in [2.75, 3.05) is 0 Å². The molecule has 0 spiro atoms. The fraction of sp³-hybridized carbons (Fsp3) is 0.364. The molecule has 62 valence electrons. The fourth-order valence-corrected chi connectivity index (χ4v) is 0.342. The molecule has 0 aliphatic carbocycles. The minimum atomic E-state index is 0. The summed E-state index contributed by atoms with van der Waals surface area (Å²) in [4.78, 5) is 0. The average molecular weight is 173 g/mol. The normalized spacial score (nSPS) is 9.00. The SMILES string of the molecule is [CH2-]C(C)(C)C.[Mg+2].[c-]1ccccc1.